The molecule has 4 rings (SSSR count). The maximum absolute atomic E-state index is 12.7. The molecule has 2 aromatic carbocycles. The number of anilines is 2. The van der Waals surface area contributed by atoms with Crippen molar-refractivity contribution in [3.05, 3.63) is 88.1 Å². The minimum absolute atomic E-state index is 0.0134. The number of carbonyl (C=O) groups is 2. The summed E-state index contributed by atoms with van der Waals surface area (Å²) in [6.45, 7) is -0.414. The Labute approximate surface area is 185 Å². The third kappa shape index (κ3) is 4.71. The minimum atomic E-state index is -0.837. The molecule has 0 spiro atoms. The number of carbonyl (C=O) groups excluding carboxylic acids is 2. The van der Waals surface area contributed by atoms with Crippen molar-refractivity contribution < 1.29 is 14.1 Å². The zero-order chi connectivity index (χ0) is 22.5. The number of nitrogens with one attached hydrogen (secondary N) is 2. The van der Waals surface area contributed by atoms with Crippen LogP contribution >= 0.6 is 11.6 Å². The number of hydrogen-bond acceptors (Lipinski definition) is 7. The monoisotopic (exact) mass is 450 g/mol. The highest BCUT2D eigenvalue weighted by Crippen LogP contribution is 2.19. The van der Waals surface area contributed by atoms with E-state index >= 15 is 0 Å². The molecule has 32 heavy (non-hydrogen) atoms. The molecule has 160 valence electrons. The van der Waals surface area contributed by atoms with Crippen LogP contribution in [0.15, 0.2) is 76.3 Å². The maximum Gasteiger partial charge on any atom is 0.442 e. The summed E-state index contributed by atoms with van der Waals surface area (Å²) in [7, 11) is 0. The van der Waals surface area contributed by atoms with E-state index in [-0.39, 0.29) is 22.9 Å². The Morgan fingerprint density at radius 1 is 0.969 bits per heavy atom. The van der Waals surface area contributed by atoms with Crippen molar-refractivity contribution in [2.45, 2.75) is 6.54 Å². The van der Waals surface area contributed by atoms with Crippen LogP contribution in [0.4, 0.5) is 11.4 Å². The molecule has 0 bridgehead atoms. The van der Waals surface area contributed by atoms with Crippen LogP contribution in [0.5, 0.6) is 0 Å². The van der Waals surface area contributed by atoms with Crippen LogP contribution in [0.25, 0.3) is 11.6 Å². The largest absolute Gasteiger partial charge is 0.442 e. The summed E-state index contributed by atoms with van der Waals surface area (Å²) in [6.07, 6.45) is 2.95. The van der Waals surface area contributed by atoms with Gasteiger partial charge in [0.1, 0.15) is 6.54 Å². The quantitative estimate of drug-likeness (QED) is 0.461. The molecular formula is C21H15ClN6O4. The zero-order valence-corrected chi connectivity index (χ0v) is 17.1. The van der Waals surface area contributed by atoms with Crippen molar-refractivity contribution in [3.63, 3.8) is 0 Å². The molecule has 0 aliphatic heterocycles. The van der Waals surface area contributed by atoms with E-state index in [0.29, 0.717) is 10.7 Å². The van der Waals surface area contributed by atoms with Crippen molar-refractivity contribution in [1.29, 1.82) is 0 Å². The highest BCUT2D eigenvalue weighted by atomic mass is 35.5. The second kappa shape index (κ2) is 9.23. The predicted octanol–water partition coefficient (Wildman–Crippen LogP) is 2.84. The molecule has 2 aromatic heterocycles. The van der Waals surface area contributed by atoms with E-state index in [1.807, 2.05) is 0 Å². The van der Waals surface area contributed by atoms with E-state index in [1.54, 1.807) is 54.6 Å². The Balaban J connectivity index is 1.52. The van der Waals surface area contributed by atoms with Crippen molar-refractivity contribution in [2.75, 3.05) is 10.6 Å². The number of rotatable bonds is 6. The van der Waals surface area contributed by atoms with Crippen LogP contribution < -0.4 is 16.4 Å². The second-order valence-electron chi connectivity index (χ2n) is 6.49. The normalized spacial score (nSPS) is 10.5. The van der Waals surface area contributed by atoms with Crippen LogP contribution in [-0.2, 0) is 11.3 Å². The smallest absolute Gasteiger partial charge is 0.324 e. The van der Waals surface area contributed by atoms with Gasteiger partial charge in [-0.05, 0) is 42.5 Å². The fourth-order valence-corrected chi connectivity index (χ4v) is 2.96. The second-order valence-corrected chi connectivity index (χ2v) is 6.92. The summed E-state index contributed by atoms with van der Waals surface area (Å²) < 4.78 is 5.66. The van der Waals surface area contributed by atoms with Crippen LogP contribution in [-0.4, -0.2) is 31.5 Å². The van der Waals surface area contributed by atoms with E-state index in [0.717, 1.165) is 4.57 Å². The molecular weight excluding hydrogens is 436 g/mol. The standard InChI is InChI=1S/C21H15ClN6O4/c22-13-6-8-14(9-7-13)25-20(30)15-4-1-2-5-16(15)26-17(29)12-28-19(27-32-21(28)31)18-23-10-3-11-24-18/h1-11H,12H2,(H,25,30)(H,26,29). The summed E-state index contributed by atoms with van der Waals surface area (Å²) in [5.41, 5.74) is 1.05. The number of aromatic nitrogens is 4. The number of para-hydroxylation sites is 1. The first-order valence-electron chi connectivity index (χ1n) is 9.31. The lowest BCUT2D eigenvalue weighted by Gasteiger charge is -2.12. The Morgan fingerprint density at radius 3 is 2.44 bits per heavy atom. The zero-order valence-electron chi connectivity index (χ0n) is 16.4. The molecule has 0 fully saturated rings. The lowest BCUT2D eigenvalue weighted by molar-refractivity contribution is -0.116. The predicted molar refractivity (Wildman–Crippen MR) is 116 cm³/mol. The summed E-state index contributed by atoms with van der Waals surface area (Å²) in [4.78, 5) is 45.4. The fraction of sp³-hybridized carbons (Fsp3) is 0.0476. The average molecular weight is 451 g/mol. The van der Waals surface area contributed by atoms with E-state index in [1.165, 1.54) is 12.4 Å². The van der Waals surface area contributed by atoms with E-state index in [2.05, 4.69) is 30.3 Å². The maximum atomic E-state index is 12.7. The van der Waals surface area contributed by atoms with Crippen LogP contribution in [0, 0.1) is 0 Å². The summed E-state index contributed by atoms with van der Waals surface area (Å²) in [5.74, 6) is -1.69. The lowest BCUT2D eigenvalue weighted by Crippen LogP contribution is -2.26. The first kappa shape index (κ1) is 20.9. The first-order valence-corrected chi connectivity index (χ1v) is 9.69. The van der Waals surface area contributed by atoms with Crippen molar-refractivity contribution in [2.24, 2.45) is 0 Å². The Morgan fingerprint density at radius 2 is 1.69 bits per heavy atom. The number of hydrogen-bond donors (Lipinski definition) is 2. The molecule has 10 nitrogen and oxygen atoms in total. The van der Waals surface area contributed by atoms with Gasteiger partial charge in [0, 0.05) is 23.1 Å². The van der Waals surface area contributed by atoms with Gasteiger partial charge in [0.2, 0.25) is 11.7 Å². The van der Waals surface area contributed by atoms with Gasteiger partial charge < -0.3 is 10.6 Å². The van der Waals surface area contributed by atoms with Crippen molar-refractivity contribution >= 4 is 34.8 Å². The first-order chi connectivity index (χ1) is 15.5. The van der Waals surface area contributed by atoms with Crippen molar-refractivity contribution in [3.8, 4) is 11.6 Å². The molecule has 0 radical (unpaired) electrons. The highest BCUT2D eigenvalue weighted by molar-refractivity contribution is 6.30. The lowest BCUT2D eigenvalue weighted by atomic mass is 10.1. The molecule has 4 aromatic rings. The van der Waals surface area contributed by atoms with Crippen molar-refractivity contribution in [1.82, 2.24) is 19.7 Å². The molecule has 2 amide bonds. The Hall–Kier alpha value is -4.31. The molecule has 0 aliphatic carbocycles. The molecule has 0 atom stereocenters. The summed E-state index contributed by atoms with van der Waals surface area (Å²) >= 11 is 5.86. The molecule has 0 unspecified atom stereocenters. The third-order valence-corrected chi connectivity index (χ3v) is 4.55. The van der Waals surface area contributed by atoms with Crippen LogP contribution in [0.3, 0.4) is 0 Å². The molecule has 0 saturated carbocycles. The molecule has 11 heteroatoms. The van der Waals surface area contributed by atoms with E-state index in [4.69, 9.17) is 11.6 Å². The summed E-state index contributed by atoms with van der Waals surface area (Å²) in [6, 6.07) is 14.7. The van der Waals surface area contributed by atoms with Crippen LogP contribution in [0.2, 0.25) is 5.02 Å². The number of nitrogens with zero attached hydrogens (tertiary/aromatic N) is 4. The summed E-state index contributed by atoms with van der Waals surface area (Å²) in [5, 5.41) is 9.56. The van der Waals surface area contributed by atoms with Gasteiger partial charge in [-0.25, -0.2) is 19.3 Å². The Kier molecular flexibility index (Phi) is 6.04. The van der Waals surface area contributed by atoms with Gasteiger partial charge in [-0.15, -0.1) is 0 Å². The fourth-order valence-electron chi connectivity index (χ4n) is 2.84. The van der Waals surface area contributed by atoms with Gasteiger partial charge in [-0.3, -0.25) is 14.1 Å². The van der Waals surface area contributed by atoms with E-state index in [9.17, 15) is 14.4 Å². The van der Waals surface area contributed by atoms with E-state index < -0.39 is 24.1 Å². The topological polar surface area (TPSA) is 132 Å². The molecule has 0 aliphatic rings. The van der Waals surface area contributed by atoms with Gasteiger partial charge in [-0.2, -0.15) is 0 Å². The van der Waals surface area contributed by atoms with Gasteiger partial charge in [0.05, 0.1) is 11.3 Å². The molecule has 0 saturated heterocycles. The third-order valence-electron chi connectivity index (χ3n) is 4.30. The van der Waals surface area contributed by atoms with Gasteiger partial charge in [0.25, 0.3) is 5.91 Å². The van der Waals surface area contributed by atoms with Gasteiger partial charge in [0.15, 0.2) is 5.82 Å². The molecule has 2 N–H and O–H groups in total. The number of halogens is 1. The van der Waals surface area contributed by atoms with Gasteiger partial charge in [-0.1, -0.05) is 28.9 Å². The van der Waals surface area contributed by atoms with Crippen LogP contribution in [0.1, 0.15) is 10.4 Å². The molecule has 2 heterocycles. The number of benzene rings is 2. The van der Waals surface area contributed by atoms with Gasteiger partial charge >= 0.3 is 5.76 Å². The SMILES string of the molecule is O=C(Cn1c(-c2ncccn2)noc1=O)Nc1ccccc1C(=O)Nc1ccc(Cl)cc1. The minimum Gasteiger partial charge on any atom is -0.324 e. The average Bonchev–Trinajstić information content (AvgIpc) is 3.16. The highest BCUT2D eigenvalue weighted by Gasteiger charge is 2.19. The number of amides is 2. The Bertz CT molecular complexity index is 1320.